The molecule has 0 atom stereocenters. The summed E-state index contributed by atoms with van der Waals surface area (Å²) in [4.78, 5) is 4.00. The molecular weight excluding hydrogens is 314 g/mol. The molecule has 1 aromatic carbocycles. The second kappa shape index (κ2) is 6.18. The van der Waals surface area contributed by atoms with Crippen molar-refractivity contribution < 1.29 is 9.13 Å². The summed E-state index contributed by atoms with van der Waals surface area (Å²) in [6.07, 6.45) is 3.42. The number of halogens is 3. The van der Waals surface area contributed by atoms with Crippen molar-refractivity contribution >= 4 is 23.2 Å². The zero-order chi connectivity index (χ0) is 14.8. The number of nitrogens with one attached hydrogen (secondary N) is 1. The zero-order valence-electron chi connectivity index (χ0n) is 11.1. The van der Waals surface area contributed by atoms with Crippen LogP contribution >= 0.6 is 23.2 Å². The van der Waals surface area contributed by atoms with Crippen molar-refractivity contribution in [2.24, 2.45) is 0 Å². The van der Waals surface area contributed by atoms with Gasteiger partial charge in [-0.15, -0.1) is 0 Å². The maximum atomic E-state index is 13.4. The highest BCUT2D eigenvalue weighted by Gasteiger charge is 2.21. The molecule has 1 saturated carbocycles. The fourth-order valence-electron chi connectivity index (χ4n) is 1.90. The van der Waals surface area contributed by atoms with Crippen LogP contribution in [0.1, 0.15) is 18.4 Å². The van der Waals surface area contributed by atoms with Crippen LogP contribution in [0.25, 0.3) is 0 Å². The highest BCUT2D eigenvalue weighted by molar-refractivity contribution is 6.42. The minimum absolute atomic E-state index is 0.311. The normalized spacial score (nSPS) is 14.2. The number of nitrogens with zero attached hydrogens (tertiary/aromatic N) is 1. The summed E-state index contributed by atoms with van der Waals surface area (Å²) in [5.41, 5.74) is 0.651. The maximum absolute atomic E-state index is 13.4. The van der Waals surface area contributed by atoms with E-state index in [0.29, 0.717) is 39.8 Å². The van der Waals surface area contributed by atoms with E-state index >= 15 is 0 Å². The van der Waals surface area contributed by atoms with Gasteiger partial charge in [0.1, 0.15) is 16.6 Å². The van der Waals surface area contributed by atoms with E-state index in [1.165, 1.54) is 6.07 Å². The first-order chi connectivity index (χ1) is 10.1. The number of benzene rings is 1. The number of aromatic nitrogens is 1. The van der Waals surface area contributed by atoms with Crippen LogP contribution in [0, 0.1) is 5.82 Å². The van der Waals surface area contributed by atoms with Crippen molar-refractivity contribution in [1.82, 2.24) is 10.3 Å². The van der Waals surface area contributed by atoms with Crippen LogP contribution < -0.4 is 10.1 Å². The lowest BCUT2D eigenvalue weighted by Crippen LogP contribution is -2.16. The third kappa shape index (κ3) is 3.64. The first-order valence-corrected chi connectivity index (χ1v) is 7.39. The van der Waals surface area contributed by atoms with E-state index in [9.17, 15) is 4.39 Å². The fourth-order valence-corrected chi connectivity index (χ4v) is 2.23. The number of hydrogen-bond donors (Lipinski definition) is 1. The van der Waals surface area contributed by atoms with E-state index in [0.717, 1.165) is 19.0 Å². The SMILES string of the molecule is Fc1cnc(Oc2cccc(Cl)c2Cl)c(CNC2CC2)c1. The molecule has 1 fully saturated rings. The molecule has 0 amide bonds. The van der Waals surface area contributed by atoms with E-state index in [2.05, 4.69) is 10.3 Å². The van der Waals surface area contributed by atoms with Crippen LogP contribution in [0.2, 0.25) is 10.0 Å². The smallest absolute Gasteiger partial charge is 0.223 e. The summed E-state index contributed by atoms with van der Waals surface area (Å²) in [7, 11) is 0. The summed E-state index contributed by atoms with van der Waals surface area (Å²) in [5.74, 6) is 0.330. The molecule has 1 aliphatic rings. The monoisotopic (exact) mass is 326 g/mol. The molecular formula is C15H13Cl2FN2O. The number of ether oxygens (including phenoxy) is 1. The summed E-state index contributed by atoms with van der Waals surface area (Å²) in [5, 5.41) is 4.02. The van der Waals surface area contributed by atoms with Crippen LogP contribution in [0.3, 0.4) is 0 Å². The average molecular weight is 327 g/mol. The molecule has 0 aliphatic heterocycles. The highest BCUT2D eigenvalue weighted by atomic mass is 35.5. The maximum Gasteiger partial charge on any atom is 0.223 e. The van der Waals surface area contributed by atoms with Gasteiger partial charge in [0, 0.05) is 18.2 Å². The quantitative estimate of drug-likeness (QED) is 0.873. The summed E-state index contributed by atoms with van der Waals surface area (Å²) >= 11 is 12.0. The van der Waals surface area contributed by atoms with Crippen molar-refractivity contribution in [1.29, 1.82) is 0 Å². The summed E-state index contributed by atoms with van der Waals surface area (Å²) in [6.45, 7) is 0.503. The van der Waals surface area contributed by atoms with Crippen LogP contribution in [0.15, 0.2) is 30.5 Å². The van der Waals surface area contributed by atoms with E-state index in [4.69, 9.17) is 27.9 Å². The summed E-state index contributed by atoms with van der Waals surface area (Å²) in [6, 6.07) is 7.02. The van der Waals surface area contributed by atoms with E-state index in [-0.39, 0.29) is 0 Å². The van der Waals surface area contributed by atoms with Crippen LogP contribution in [0.5, 0.6) is 11.6 Å². The lowest BCUT2D eigenvalue weighted by molar-refractivity contribution is 0.448. The van der Waals surface area contributed by atoms with Crippen molar-refractivity contribution in [3.8, 4) is 11.6 Å². The number of rotatable bonds is 5. The summed E-state index contributed by atoms with van der Waals surface area (Å²) < 4.78 is 19.1. The van der Waals surface area contributed by atoms with Gasteiger partial charge in [-0.3, -0.25) is 0 Å². The van der Waals surface area contributed by atoms with E-state index in [1.54, 1.807) is 18.2 Å². The Hall–Kier alpha value is -1.36. The molecule has 110 valence electrons. The molecule has 1 aliphatic carbocycles. The zero-order valence-corrected chi connectivity index (χ0v) is 12.6. The predicted molar refractivity (Wildman–Crippen MR) is 80.6 cm³/mol. The van der Waals surface area contributed by atoms with Gasteiger partial charge < -0.3 is 10.1 Å². The van der Waals surface area contributed by atoms with Gasteiger partial charge in [0.2, 0.25) is 5.88 Å². The second-order valence-electron chi connectivity index (χ2n) is 4.93. The molecule has 1 heterocycles. The first-order valence-electron chi connectivity index (χ1n) is 6.63. The predicted octanol–water partition coefficient (Wildman–Crippen LogP) is 4.57. The number of hydrogen-bond acceptors (Lipinski definition) is 3. The molecule has 1 aromatic heterocycles. The van der Waals surface area contributed by atoms with Gasteiger partial charge in [0.15, 0.2) is 0 Å². The van der Waals surface area contributed by atoms with Crippen molar-refractivity contribution in [2.75, 3.05) is 0 Å². The van der Waals surface area contributed by atoms with Gasteiger partial charge in [0.05, 0.1) is 11.2 Å². The van der Waals surface area contributed by atoms with Gasteiger partial charge in [0.25, 0.3) is 0 Å². The third-order valence-electron chi connectivity index (χ3n) is 3.17. The molecule has 6 heteroatoms. The van der Waals surface area contributed by atoms with E-state index < -0.39 is 5.82 Å². The molecule has 0 saturated heterocycles. The number of pyridine rings is 1. The molecule has 3 nitrogen and oxygen atoms in total. The highest BCUT2D eigenvalue weighted by Crippen LogP contribution is 2.35. The average Bonchev–Trinajstić information content (AvgIpc) is 3.28. The van der Waals surface area contributed by atoms with E-state index in [1.807, 2.05) is 0 Å². The Morgan fingerprint density at radius 3 is 2.90 bits per heavy atom. The second-order valence-corrected chi connectivity index (χ2v) is 5.71. The van der Waals surface area contributed by atoms with Crippen LogP contribution in [0.4, 0.5) is 4.39 Å². The molecule has 21 heavy (non-hydrogen) atoms. The molecule has 0 spiro atoms. The van der Waals surface area contributed by atoms with Gasteiger partial charge in [-0.25, -0.2) is 9.37 Å². The van der Waals surface area contributed by atoms with Gasteiger partial charge in [-0.2, -0.15) is 0 Å². The minimum atomic E-state index is -0.396. The molecule has 3 rings (SSSR count). The fraction of sp³-hybridized carbons (Fsp3) is 0.267. The Morgan fingerprint density at radius 1 is 1.33 bits per heavy atom. The van der Waals surface area contributed by atoms with Crippen molar-refractivity contribution in [3.05, 3.63) is 51.9 Å². The Morgan fingerprint density at radius 2 is 2.14 bits per heavy atom. The van der Waals surface area contributed by atoms with Crippen LogP contribution in [-0.4, -0.2) is 11.0 Å². The topological polar surface area (TPSA) is 34.1 Å². The molecule has 0 radical (unpaired) electrons. The Bertz CT molecular complexity index is 662. The third-order valence-corrected chi connectivity index (χ3v) is 3.97. The minimum Gasteiger partial charge on any atom is -0.437 e. The lowest BCUT2D eigenvalue weighted by Gasteiger charge is -2.12. The molecule has 0 bridgehead atoms. The Labute approximate surface area is 132 Å². The molecule has 0 unspecified atom stereocenters. The Kier molecular flexibility index (Phi) is 4.29. The van der Waals surface area contributed by atoms with Crippen molar-refractivity contribution in [3.63, 3.8) is 0 Å². The van der Waals surface area contributed by atoms with Crippen LogP contribution in [-0.2, 0) is 6.54 Å². The molecule has 1 N–H and O–H groups in total. The van der Waals surface area contributed by atoms with Gasteiger partial charge >= 0.3 is 0 Å². The Balaban J connectivity index is 1.84. The van der Waals surface area contributed by atoms with Gasteiger partial charge in [-0.05, 0) is 31.0 Å². The lowest BCUT2D eigenvalue weighted by atomic mass is 10.2. The standard InChI is InChI=1S/C15H13Cl2FN2O/c16-12-2-1-3-13(14(12)17)21-15-9(6-10(18)8-20-15)7-19-11-4-5-11/h1-3,6,8,11,19H,4-5,7H2. The van der Waals surface area contributed by atoms with Gasteiger partial charge in [-0.1, -0.05) is 29.3 Å². The molecule has 2 aromatic rings. The largest absolute Gasteiger partial charge is 0.437 e. The van der Waals surface area contributed by atoms with Crippen molar-refractivity contribution in [2.45, 2.75) is 25.4 Å². The first kappa shape index (κ1) is 14.6.